The lowest BCUT2D eigenvalue weighted by Crippen LogP contribution is -2.24. The van der Waals surface area contributed by atoms with Crippen LogP contribution < -0.4 is 0 Å². The normalized spacial score (nSPS) is 10.3. The summed E-state index contributed by atoms with van der Waals surface area (Å²) < 4.78 is 0. The van der Waals surface area contributed by atoms with Crippen LogP contribution in [0.3, 0.4) is 0 Å². The van der Waals surface area contributed by atoms with Crippen molar-refractivity contribution in [3.63, 3.8) is 0 Å². The lowest BCUT2D eigenvalue weighted by atomic mass is 10.0. The number of hydrogen-bond donors (Lipinski definition) is 2. The Hall–Kier alpha value is -2.40. The Balaban J connectivity index is 0.000000413. The number of carboxylic acids is 2. The highest BCUT2D eigenvalue weighted by Gasteiger charge is 2.06. The van der Waals surface area contributed by atoms with E-state index in [1.165, 1.54) is 35.7 Å². The first-order valence-electron chi connectivity index (χ1n) is 8.14. The molecular formula is C19H25NO4. The fourth-order valence-corrected chi connectivity index (χ4v) is 2.40. The molecule has 0 fully saturated rings. The van der Waals surface area contributed by atoms with Crippen LogP contribution in [-0.4, -0.2) is 40.1 Å². The third-order valence-electron chi connectivity index (χ3n) is 3.73. The molecule has 0 amide bonds. The van der Waals surface area contributed by atoms with Gasteiger partial charge in [-0.1, -0.05) is 62.7 Å². The number of fused-ring (bicyclic) bond motifs is 1. The molecule has 0 bridgehead atoms. The van der Waals surface area contributed by atoms with Gasteiger partial charge in [0.2, 0.25) is 0 Å². The van der Waals surface area contributed by atoms with E-state index in [1.807, 2.05) is 0 Å². The zero-order valence-electron chi connectivity index (χ0n) is 14.2. The van der Waals surface area contributed by atoms with Crippen molar-refractivity contribution in [2.24, 2.45) is 0 Å². The Labute approximate surface area is 142 Å². The summed E-state index contributed by atoms with van der Waals surface area (Å²) in [7, 11) is 0. The number of aliphatic carboxylic acids is 2. The second kappa shape index (κ2) is 10.4. The zero-order valence-corrected chi connectivity index (χ0v) is 14.2. The van der Waals surface area contributed by atoms with Crippen LogP contribution in [0.5, 0.6) is 0 Å². The summed E-state index contributed by atoms with van der Waals surface area (Å²) in [4.78, 5) is 20.7. The minimum absolute atomic E-state index is 1.07. The molecule has 0 aromatic heterocycles. The summed E-state index contributed by atoms with van der Waals surface area (Å²) in [5.74, 6) is -3.65. The van der Waals surface area contributed by atoms with Crippen molar-refractivity contribution in [2.45, 2.75) is 33.2 Å². The summed E-state index contributed by atoms with van der Waals surface area (Å²) >= 11 is 0. The van der Waals surface area contributed by atoms with Crippen LogP contribution in [-0.2, 0) is 16.1 Å². The third kappa shape index (κ3) is 6.38. The molecule has 0 atom stereocenters. The van der Waals surface area contributed by atoms with Gasteiger partial charge in [-0.25, -0.2) is 9.59 Å². The van der Waals surface area contributed by atoms with Crippen molar-refractivity contribution in [3.05, 3.63) is 48.0 Å². The average molecular weight is 331 g/mol. The summed E-state index contributed by atoms with van der Waals surface area (Å²) in [6.45, 7) is 7.91. The van der Waals surface area contributed by atoms with Gasteiger partial charge in [0.05, 0.1) is 0 Å². The highest BCUT2D eigenvalue weighted by molar-refractivity contribution is 6.27. The van der Waals surface area contributed by atoms with Gasteiger partial charge in [-0.05, 0) is 35.8 Å². The molecule has 0 saturated carbocycles. The molecule has 5 nitrogen and oxygen atoms in total. The number of nitrogens with zero attached hydrogens (tertiary/aromatic N) is 1. The van der Waals surface area contributed by atoms with Gasteiger partial charge in [0, 0.05) is 6.54 Å². The monoisotopic (exact) mass is 331 g/mol. The molecule has 2 aromatic rings. The molecule has 130 valence electrons. The van der Waals surface area contributed by atoms with E-state index in [0.717, 1.165) is 13.1 Å². The lowest BCUT2D eigenvalue weighted by Gasteiger charge is -2.21. The number of carboxylic acid groups (broad SMARTS) is 2. The van der Waals surface area contributed by atoms with E-state index in [1.54, 1.807) is 0 Å². The quantitative estimate of drug-likeness (QED) is 0.791. The SMILES string of the molecule is CCCCN(CC)Cc1cccc2ccccc12.O=C(O)C(=O)O. The van der Waals surface area contributed by atoms with E-state index < -0.39 is 11.9 Å². The van der Waals surface area contributed by atoms with Crippen molar-refractivity contribution >= 4 is 22.7 Å². The highest BCUT2D eigenvalue weighted by Crippen LogP contribution is 2.20. The Kier molecular flexibility index (Phi) is 8.50. The maximum Gasteiger partial charge on any atom is 0.414 e. The number of unbranched alkanes of at least 4 members (excludes halogenated alkanes) is 1. The molecule has 0 spiro atoms. The van der Waals surface area contributed by atoms with Crippen LogP contribution in [0.2, 0.25) is 0 Å². The smallest absolute Gasteiger partial charge is 0.414 e. The van der Waals surface area contributed by atoms with E-state index >= 15 is 0 Å². The van der Waals surface area contributed by atoms with E-state index in [4.69, 9.17) is 19.8 Å². The van der Waals surface area contributed by atoms with Gasteiger partial charge in [-0.2, -0.15) is 0 Å². The van der Waals surface area contributed by atoms with E-state index in [-0.39, 0.29) is 0 Å². The largest absolute Gasteiger partial charge is 0.473 e. The first-order chi connectivity index (χ1) is 11.5. The van der Waals surface area contributed by atoms with Gasteiger partial charge in [-0.3, -0.25) is 4.90 Å². The summed E-state index contributed by atoms with van der Waals surface area (Å²) in [5.41, 5.74) is 1.45. The topological polar surface area (TPSA) is 77.8 Å². The number of benzene rings is 2. The molecular weight excluding hydrogens is 306 g/mol. The molecule has 0 aliphatic rings. The van der Waals surface area contributed by atoms with E-state index in [0.29, 0.717) is 0 Å². The van der Waals surface area contributed by atoms with Crippen LogP contribution in [0.25, 0.3) is 10.8 Å². The Morgan fingerprint density at radius 3 is 2.17 bits per heavy atom. The first-order valence-corrected chi connectivity index (χ1v) is 8.14. The second-order valence-electron chi connectivity index (χ2n) is 5.47. The molecule has 2 N–H and O–H groups in total. The molecule has 2 rings (SSSR count). The van der Waals surface area contributed by atoms with Gasteiger partial charge in [0.1, 0.15) is 0 Å². The van der Waals surface area contributed by atoms with Gasteiger partial charge < -0.3 is 10.2 Å². The van der Waals surface area contributed by atoms with E-state index in [9.17, 15) is 0 Å². The summed E-state index contributed by atoms with van der Waals surface area (Å²) in [6, 6.07) is 15.3. The standard InChI is InChI=1S/C17H23N.C2H2O4/c1-3-5-13-18(4-2)14-16-11-8-10-15-9-6-7-12-17(15)16;3-1(4)2(5)6/h6-12H,3-5,13-14H2,1-2H3;(H,3,4)(H,5,6). The molecule has 0 unspecified atom stereocenters. The van der Waals surface area contributed by atoms with Crippen LogP contribution in [0.15, 0.2) is 42.5 Å². The third-order valence-corrected chi connectivity index (χ3v) is 3.73. The zero-order chi connectivity index (χ0) is 17.9. The minimum atomic E-state index is -1.82. The number of carbonyl (C=O) groups is 2. The van der Waals surface area contributed by atoms with Gasteiger partial charge >= 0.3 is 11.9 Å². The van der Waals surface area contributed by atoms with Crippen molar-refractivity contribution in [1.29, 1.82) is 0 Å². The van der Waals surface area contributed by atoms with Crippen LogP contribution in [0.4, 0.5) is 0 Å². The van der Waals surface area contributed by atoms with Gasteiger partial charge in [0.15, 0.2) is 0 Å². The molecule has 0 radical (unpaired) electrons. The van der Waals surface area contributed by atoms with Crippen molar-refractivity contribution in [2.75, 3.05) is 13.1 Å². The molecule has 2 aromatic carbocycles. The van der Waals surface area contributed by atoms with Crippen LogP contribution >= 0.6 is 0 Å². The molecule has 0 saturated heterocycles. The predicted molar refractivity (Wildman–Crippen MR) is 95.1 cm³/mol. The molecule has 0 aliphatic heterocycles. The second-order valence-corrected chi connectivity index (χ2v) is 5.47. The Bertz CT molecular complexity index is 652. The minimum Gasteiger partial charge on any atom is -0.473 e. The average Bonchev–Trinajstić information content (AvgIpc) is 2.59. The van der Waals surface area contributed by atoms with Crippen LogP contribution in [0.1, 0.15) is 32.3 Å². The van der Waals surface area contributed by atoms with Crippen molar-refractivity contribution in [1.82, 2.24) is 4.90 Å². The van der Waals surface area contributed by atoms with Gasteiger partial charge in [-0.15, -0.1) is 0 Å². The maximum atomic E-state index is 9.10. The van der Waals surface area contributed by atoms with Crippen LogP contribution in [0, 0.1) is 0 Å². The van der Waals surface area contributed by atoms with E-state index in [2.05, 4.69) is 61.2 Å². The number of hydrogen-bond acceptors (Lipinski definition) is 3. The number of rotatable bonds is 6. The van der Waals surface area contributed by atoms with Crippen molar-refractivity contribution < 1.29 is 19.8 Å². The maximum absolute atomic E-state index is 9.10. The molecule has 0 aliphatic carbocycles. The molecule has 0 heterocycles. The fraction of sp³-hybridized carbons (Fsp3) is 0.368. The molecule has 24 heavy (non-hydrogen) atoms. The summed E-state index contributed by atoms with van der Waals surface area (Å²) in [5, 5.41) is 17.5. The highest BCUT2D eigenvalue weighted by atomic mass is 16.4. The van der Waals surface area contributed by atoms with Gasteiger partial charge in [0.25, 0.3) is 0 Å². The fourth-order valence-electron chi connectivity index (χ4n) is 2.40. The van der Waals surface area contributed by atoms with Crippen molar-refractivity contribution in [3.8, 4) is 0 Å². The Morgan fingerprint density at radius 2 is 1.58 bits per heavy atom. The summed E-state index contributed by atoms with van der Waals surface area (Å²) in [6.07, 6.45) is 2.56. The molecule has 5 heteroatoms. The Morgan fingerprint density at radius 1 is 0.958 bits per heavy atom. The first kappa shape index (κ1) is 19.6. The lowest BCUT2D eigenvalue weighted by molar-refractivity contribution is -0.159. The predicted octanol–water partition coefficient (Wildman–Crippen LogP) is 3.62.